The molecule has 1 aromatic rings. The molecular weight excluding hydrogens is 266 g/mol. The molecule has 118 valence electrons. The zero-order valence-electron chi connectivity index (χ0n) is 13.3. The van der Waals surface area contributed by atoms with Gasteiger partial charge in [-0.25, -0.2) is 15.8 Å². The van der Waals surface area contributed by atoms with Crippen molar-refractivity contribution in [3.05, 3.63) is 11.4 Å². The van der Waals surface area contributed by atoms with Gasteiger partial charge < -0.3 is 15.5 Å². The molecule has 0 unspecified atom stereocenters. The van der Waals surface area contributed by atoms with Crippen molar-refractivity contribution in [2.24, 2.45) is 11.8 Å². The lowest BCUT2D eigenvalue weighted by Gasteiger charge is -2.13. The fourth-order valence-corrected chi connectivity index (χ4v) is 2.03. The van der Waals surface area contributed by atoms with Crippen LogP contribution in [0.1, 0.15) is 50.4 Å². The van der Waals surface area contributed by atoms with Crippen molar-refractivity contribution in [2.45, 2.75) is 46.0 Å². The fourth-order valence-electron chi connectivity index (χ4n) is 2.03. The molecule has 0 radical (unpaired) electrons. The topological polar surface area (TPSA) is 85.1 Å². The predicted octanol–water partition coefficient (Wildman–Crippen LogP) is 2.42. The third kappa shape index (κ3) is 4.82. The molecular formula is C15H27N5O. The summed E-state index contributed by atoms with van der Waals surface area (Å²) in [5, 5.41) is 3.33. The SMILES string of the molecule is Cc1c(NN)nc(C2CC2)nc1NCCOCCC(C)C. The zero-order chi connectivity index (χ0) is 15.2. The first kappa shape index (κ1) is 16.0. The number of nitrogens with one attached hydrogen (secondary N) is 2. The maximum absolute atomic E-state index is 5.61. The lowest BCUT2D eigenvalue weighted by molar-refractivity contribution is 0.132. The third-order valence-corrected chi connectivity index (χ3v) is 3.62. The van der Waals surface area contributed by atoms with E-state index < -0.39 is 0 Å². The van der Waals surface area contributed by atoms with Gasteiger partial charge in [-0.1, -0.05) is 13.8 Å². The zero-order valence-corrected chi connectivity index (χ0v) is 13.3. The van der Waals surface area contributed by atoms with Crippen molar-refractivity contribution in [3.8, 4) is 0 Å². The van der Waals surface area contributed by atoms with Crippen molar-refractivity contribution < 1.29 is 4.74 Å². The average molecular weight is 293 g/mol. The second-order valence-corrected chi connectivity index (χ2v) is 6.04. The molecule has 6 nitrogen and oxygen atoms in total. The Hall–Kier alpha value is -1.40. The van der Waals surface area contributed by atoms with Gasteiger partial charge in [-0.15, -0.1) is 0 Å². The maximum atomic E-state index is 5.61. The van der Waals surface area contributed by atoms with Crippen LogP contribution in [0.15, 0.2) is 0 Å². The van der Waals surface area contributed by atoms with Crippen LogP contribution < -0.4 is 16.6 Å². The first-order valence-corrected chi connectivity index (χ1v) is 7.78. The molecule has 2 rings (SSSR count). The van der Waals surface area contributed by atoms with Crippen LogP contribution in [0, 0.1) is 12.8 Å². The molecule has 0 atom stereocenters. The molecule has 6 heteroatoms. The van der Waals surface area contributed by atoms with E-state index >= 15 is 0 Å². The van der Waals surface area contributed by atoms with Gasteiger partial charge in [0, 0.05) is 24.6 Å². The van der Waals surface area contributed by atoms with Crippen LogP contribution in [0.4, 0.5) is 11.6 Å². The Morgan fingerprint density at radius 2 is 1.95 bits per heavy atom. The van der Waals surface area contributed by atoms with E-state index in [4.69, 9.17) is 10.6 Å². The highest BCUT2D eigenvalue weighted by atomic mass is 16.5. The predicted molar refractivity (Wildman–Crippen MR) is 85.3 cm³/mol. The molecule has 0 spiro atoms. The number of rotatable bonds is 9. The molecule has 1 aliphatic rings. The maximum Gasteiger partial charge on any atom is 0.148 e. The molecule has 4 N–H and O–H groups in total. The molecule has 1 saturated carbocycles. The molecule has 0 aliphatic heterocycles. The van der Waals surface area contributed by atoms with Crippen LogP contribution in [-0.2, 0) is 4.74 Å². The van der Waals surface area contributed by atoms with Crippen LogP contribution in [0.2, 0.25) is 0 Å². The Morgan fingerprint density at radius 1 is 1.24 bits per heavy atom. The standard InChI is InChI=1S/C15H27N5O/c1-10(2)6-8-21-9-7-17-13-11(3)14(20-16)19-15(18-13)12-4-5-12/h10,12H,4-9,16H2,1-3H3,(H2,17,18,19,20). The summed E-state index contributed by atoms with van der Waals surface area (Å²) in [6.07, 6.45) is 3.44. The van der Waals surface area contributed by atoms with E-state index in [9.17, 15) is 0 Å². The molecule has 0 bridgehead atoms. The second kappa shape index (κ2) is 7.56. The number of nitrogens with zero attached hydrogens (tertiary/aromatic N) is 2. The van der Waals surface area contributed by atoms with E-state index in [-0.39, 0.29) is 0 Å². The van der Waals surface area contributed by atoms with Gasteiger partial charge in [0.05, 0.1) is 6.61 Å². The summed E-state index contributed by atoms with van der Waals surface area (Å²) < 4.78 is 5.61. The van der Waals surface area contributed by atoms with Gasteiger partial charge in [-0.05, 0) is 32.1 Å². The van der Waals surface area contributed by atoms with Gasteiger partial charge in [-0.3, -0.25) is 0 Å². The van der Waals surface area contributed by atoms with Crippen molar-refractivity contribution in [1.82, 2.24) is 9.97 Å². The van der Waals surface area contributed by atoms with Gasteiger partial charge in [-0.2, -0.15) is 0 Å². The van der Waals surface area contributed by atoms with Crippen molar-refractivity contribution in [2.75, 3.05) is 30.5 Å². The molecule has 1 heterocycles. The van der Waals surface area contributed by atoms with Crippen molar-refractivity contribution in [3.63, 3.8) is 0 Å². The molecule has 21 heavy (non-hydrogen) atoms. The summed E-state index contributed by atoms with van der Waals surface area (Å²) >= 11 is 0. The minimum absolute atomic E-state index is 0.501. The molecule has 1 aromatic heterocycles. The number of hydrogen-bond donors (Lipinski definition) is 3. The second-order valence-electron chi connectivity index (χ2n) is 6.04. The van der Waals surface area contributed by atoms with Crippen LogP contribution in [-0.4, -0.2) is 29.7 Å². The first-order valence-electron chi connectivity index (χ1n) is 7.78. The summed E-state index contributed by atoms with van der Waals surface area (Å²) in [7, 11) is 0. The van der Waals surface area contributed by atoms with Gasteiger partial charge in [0.1, 0.15) is 17.5 Å². The molecule has 1 aliphatic carbocycles. The average Bonchev–Trinajstić information content (AvgIpc) is 3.28. The van der Waals surface area contributed by atoms with E-state index in [1.165, 1.54) is 12.8 Å². The highest BCUT2D eigenvalue weighted by Gasteiger charge is 2.28. The third-order valence-electron chi connectivity index (χ3n) is 3.62. The minimum Gasteiger partial charge on any atom is -0.380 e. The Labute approximate surface area is 126 Å². The van der Waals surface area contributed by atoms with Crippen molar-refractivity contribution >= 4 is 11.6 Å². The molecule has 1 fully saturated rings. The quantitative estimate of drug-likeness (QED) is 0.368. The number of hydrazine groups is 1. The van der Waals surface area contributed by atoms with Gasteiger partial charge in [0.25, 0.3) is 0 Å². The Kier molecular flexibility index (Phi) is 5.76. The summed E-state index contributed by atoms with van der Waals surface area (Å²) in [5.74, 6) is 9.16. The van der Waals surface area contributed by atoms with E-state index in [0.29, 0.717) is 24.3 Å². The lowest BCUT2D eigenvalue weighted by Crippen LogP contribution is -2.17. The smallest absolute Gasteiger partial charge is 0.148 e. The lowest BCUT2D eigenvalue weighted by atomic mass is 10.1. The Bertz CT molecular complexity index is 460. The van der Waals surface area contributed by atoms with E-state index in [2.05, 4.69) is 34.6 Å². The van der Waals surface area contributed by atoms with E-state index in [1.54, 1.807) is 0 Å². The number of hydrogen-bond acceptors (Lipinski definition) is 6. The number of ether oxygens (including phenoxy) is 1. The number of nitrogen functional groups attached to an aromatic ring is 1. The summed E-state index contributed by atoms with van der Waals surface area (Å²) in [4.78, 5) is 9.09. The van der Waals surface area contributed by atoms with Crippen molar-refractivity contribution in [1.29, 1.82) is 0 Å². The summed E-state index contributed by atoms with van der Waals surface area (Å²) in [5.41, 5.74) is 3.61. The fraction of sp³-hybridized carbons (Fsp3) is 0.733. The van der Waals surface area contributed by atoms with Crippen LogP contribution >= 0.6 is 0 Å². The van der Waals surface area contributed by atoms with Crippen LogP contribution in [0.5, 0.6) is 0 Å². The molecule has 0 saturated heterocycles. The summed E-state index contributed by atoms with van der Waals surface area (Å²) in [6, 6.07) is 0. The van der Waals surface area contributed by atoms with Gasteiger partial charge >= 0.3 is 0 Å². The highest BCUT2D eigenvalue weighted by Crippen LogP contribution is 2.39. The molecule has 0 amide bonds. The Balaban J connectivity index is 1.85. The van der Waals surface area contributed by atoms with Gasteiger partial charge in [0.2, 0.25) is 0 Å². The number of nitrogens with two attached hydrogens (primary N) is 1. The summed E-state index contributed by atoms with van der Waals surface area (Å²) in [6.45, 7) is 8.60. The van der Waals surface area contributed by atoms with Crippen LogP contribution in [0.25, 0.3) is 0 Å². The highest BCUT2D eigenvalue weighted by molar-refractivity contribution is 5.57. The van der Waals surface area contributed by atoms with E-state index in [1.807, 2.05) is 6.92 Å². The minimum atomic E-state index is 0.501. The van der Waals surface area contributed by atoms with E-state index in [0.717, 1.165) is 36.8 Å². The Morgan fingerprint density at radius 3 is 2.57 bits per heavy atom. The first-order chi connectivity index (χ1) is 10.1. The monoisotopic (exact) mass is 293 g/mol. The normalized spacial score (nSPS) is 14.5. The number of anilines is 2. The van der Waals surface area contributed by atoms with Gasteiger partial charge in [0.15, 0.2) is 0 Å². The largest absolute Gasteiger partial charge is 0.380 e. The molecule has 0 aromatic carbocycles. The van der Waals surface area contributed by atoms with Crippen LogP contribution in [0.3, 0.4) is 0 Å². The number of aromatic nitrogens is 2.